The van der Waals surface area contributed by atoms with Gasteiger partial charge in [0.05, 0.1) is 12.7 Å². The largest absolute Gasteiger partial charge is 1.00 e. The number of carbonyl (C=O) groups excluding carboxylic acids is 1. The molecule has 0 N–H and O–H groups in total. The fraction of sp³-hybridized carbons (Fsp3) is 0.125. The molecule has 1 rings (SSSR count). The van der Waals surface area contributed by atoms with E-state index in [1.807, 2.05) is 0 Å². The number of ether oxygens (including phenoxy) is 1. The molecule has 0 radical (unpaired) electrons. The first-order valence-electron chi connectivity index (χ1n) is 3.43. The van der Waals surface area contributed by atoms with E-state index in [2.05, 4.69) is 4.74 Å². The average Bonchev–Trinajstić information content (AvgIpc) is 2.17. The van der Waals surface area contributed by atoms with Crippen molar-refractivity contribution in [1.82, 2.24) is 0 Å². The number of hydrogen-bond acceptors (Lipinski definition) is 4. The van der Waals surface area contributed by atoms with E-state index in [0.29, 0.717) is 0 Å². The van der Waals surface area contributed by atoms with Crippen LogP contribution in [0.15, 0.2) is 29.2 Å². The van der Waals surface area contributed by atoms with Crippen LogP contribution in [0.1, 0.15) is 10.4 Å². The van der Waals surface area contributed by atoms with Gasteiger partial charge >= 0.3 is 35.5 Å². The Kier molecular flexibility index (Phi) is 6.22. The molecule has 14 heavy (non-hydrogen) atoms. The molecule has 0 saturated carbocycles. The molecule has 0 aliphatic carbocycles. The Balaban J connectivity index is 0.00000169. The molecule has 1 atom stereocenters. The maximum Gasteiger partial charge on any atom is 1.00 e. The van der Waals surface area contributed by atoms with E-state index >= 15 is 0 Å². The van der Waals surface area contributed by atoms with Gasteiger partial charge in [-0.1, -0.05) is 6.07 Å². The van der Waals surface area contributed by atoms with Crippen LogP contribution in [-0.2, 0) is 15.8 Å². The summed E-state index contributed by atoms with van der Waals surface area (Å²) < 4.78 is 25.5. The normalized spacial score (nSPS) is 11.3. The summed E-state index contributed by atoms with van der Waals surface area (Å²) >= 11 is -2.32. The average molecular weight is 222 g/mol. The molecule has 4 nitrogen and oxygen atoms in total. The second-order valence-corrected chi connectivity index (χ2v) is 3.19. The summed E-state index contributed by atoms with van der Waals surface area (Å²) in [5.74, 6) is -0.549. The summed E-state index contributed by atoms with van der Waals surface area (Å²) in [6.07, 6.45) is 0. The van der Waals surface area contributed by atoms with Crippen molar-refractivity contribution < 1.29 is 47.9 Å². The smallest absolute Gasteiger partial charge is 0.768 e. The molecule has 70 valence electrons. The van der Waals surface area contributed by atoms with Crippen molar-refractivity contribution in [3.63, 3.8) is 0 Å². The first-order chi connectivity index (χ1) is 6.15. The Morgan fingerprint density at radius 3 is 2.64 bits per heavy atom. The predicted octanol–water partition coefficient (Wildman–Crippen LogP) is -2.28. The summed E-state index contributed by atoms with van der Waals surface area (Å²) in [5, 5.41) is 0. The van der Waals surface area contributed by atoms with Gasteiger partial charge in [-0.05, 0) is 29.3 Å². The van der Waals surface area contributed by atoms with Gasteiger partial charge in [-0.25, -0.2) is 4.79 Å². The molecule has 0 aliphatic heterocycles. The first-order valence-corrected chi connectivity index (χ1v) is 4.50. The number of esters is 1. The second kappa shape index (κ2) is 6.31. The predicted molar refractivity (Wildman–Crippen MR) is 45.0 cm³/mol. The van der Waals surface area contributed by atoms with Crippen LogP contribution in [0.4, 0.5) is 0 Å². The van der Waals surface area contributed by atoms with Crippen LogP contribution < -0.4 is 29.6 Å². The van der Waals surface area contributed by atoms with E-state index in [1.54, 1.807) is 0 Å². The number of carbonyl (C=O) groups is 1. The number of hydrogen-bond donors (Lipinski definition) is 0. The SMILES string of the molecule is COC(=O)c1cccc(S(=O)[O-])c1.[Na+]. The minimum absolute atomic E-state index is 0. The Labute approximate surface area is 106 Å². The molecule has 1 unspecified atom stereocenters. The van der Waals surface area contributed by atoms with Gasteiger partial charge in [0.15, 0.2) is 0 Å². The maximum absolute atomic E-state index is 11.0. The molecule has 0 spiro atoms. The van der Waals surface area contributed by atoms with Crippen molar-refractivity contribution in [3.05, 3.63) is 29.8 Å². The van der Waals surface area contributed by atoms with Crippen LogP contribution >= 0.6 is 0 Å². The summed E-state index contributed by atoms with van der Waals surface area (Å²) in [7, 11) is 1.24. The fourth-order valence-electron chi connectivity index (χ4n) is 0.845. The quantitative estimate of drug-likeness (QED) is 0.321. The zero-order valence-corrected chi connectivity index (χ0v) is 10.7. The van der Waals surface area contributed by atoms with Crippen LogP contribution in [0.2, 0.25) is 0 Å². The zero-order valence-electron chi connectivity index (χ0n) is 7.85. The molecule has 1 aromatic carbocycles. The van der Waals surface area contributed by atoms with Gasteiger partial charge in [0.1, 0.15) is 0 Å². The third-order valence-corrected chi connectivity index (χ3v) is 2.09. The van der Waals surface area contributed by atoms with Gasteiger partial charge < -0.3 is 9.29 Å². The third kappa shape index (κ3) is 3.51. The van der Waals surface area contributed by atoms with Crippen molar-refractivity contribution in [2.24, 2.45) is 0 Å². The monoisotopic (exact) mass is 222 g/mol. The summed E-state index contributed by atoms with van der Waals surface area (Å²) in [6.45, 7) is 0. The minimum Gasteiger partial charge on any atom is -0.768 e. The van der Waals surface area contributed by atoms with Crippen LogP contribution in [-0.4, -0.2) is 21.8 Å². The van der Waals surface area contributed by atoms with Crippen molar-refractivity contribution in [2.45, 2.75) is 4.90 Å². The van der Waals surface area contributed by atoms with Gasteiger partial charge in [-0.15, -0.1) is 0 Å². The molecule has 0 bridgehead atoms. The van der Waals surface area contributed by atoms with Crippen molar-refractivity contribution in [2.75, 3.05) is 7.11 Å². The van der Waals surface area contributed by atoms with Crippen LogP contribution in [0.3, 0.4) is 0 Å². The van der Waals surface area contributed by atoms with Crippen molar-refractivity contribution >= 4 is 17.0 Å². The summed E-state index contributed by atoms with van der Waals surface area (Å²) in [4.78, 5) is 11.0. The molecule has 0 fully saturated rings. The van der Waals surface area contributed by atoms with E-state index in [0.717, 1.165) is 0 Å². The summed E-state index contributed by atoms with van der Waals surface area (Å²) in [5.41, 5.74) is 0.226. The first kappa shape index (κ1) is 13.8. The van der Waals surface area contributed by atoms with Gasteiger partial charge in [0.2, 0.25) is 0 Å². The number of benzene rings is 1. The number of methoxy groups -OCH3 is 1. The van der Waals surface area contributed by atoms with E-state index in [4.69, 9.17) is 0 Å². The minimum atomic E-state index is -2.32. The molecule has 0 aliphatic rings. The Hall–Kier alpha value is -0.200. The van der Waals surface area contributed by atoms with Crippen molar-refractivity contribution in [3.8, 4) is 0 Å². The third-order valence-electron chi connectivity index (χ3n) is 1.45. The van der Waals surface area contributed by atoms with Crippen LogP contribution in [0.5, 0.6) is 0 Å². The van der Waals surface area contributed by atoms with E-state index in [9.17, 15) is 13.6 Å². The second-order valence-electron chi connectivity index (χ2n) is 2.25. The van der Waals surface area contributed by atoms with E-state index in [-0.39, 0.29) is 40.0 Å². The molecule has 0 heterocycles. The van der Waals surface area contributed by atoms with Crippen LogP contribution in [0.25, 0.3) is 0 Å². The van der Waals surface area contributed by atoms with Crippen LogP contribution in [0, 0.1) is 0 Å². The van der Waals surface area contributed by atoms with Gasteiger partial charge in [-0.3, -0.25) is 4.21 Å². The molecule has 0 amide bonds. The van der Waals surface area contributed by atoms with Crippen molar-refractivity contribution in [1.29, 1.82) is 0 Å². The summed E-state index contributed by atoms with van der Waals surface area (Å²) in [6, 6.07) is 5.63. The molecule has 0 aromatic heterocycles. The van der Waals surface area contributed by atoms with Gasteiger partial charge in [0.25, 0.3) is 0 Å². The molecule has 1 aromatic rings. The van der Waals surface area contributed by atoms with Gasteiger partial charge in [-0.2, -0.15) is 0 Å². The van der Waals surface area contributed by atoms with E-state index in [1.165, 1.54) is 31.4 Å². The Bertz CT molecular complexity index is 353. The standard InChI is InChI=1S/C8H8O4S.Na/c1-12-8(9)6-3-2-4-7(5-6)13(10)11;/h2-5H,1H3,(H,10,11);/q;+1/p-1. The van der Waals surface area contributed by atoms with Gasteiger partial charge in [0, 0.05) is 4.90 Å². The topological polar surface area (TPSA) is 66.4 Å². The molecular formula is C8H7NaO4S. The Morgan fingerprint density at radius 2 is 2.14 bits per heavy atom. The fourth-order valence-corrected chi connectivity index (χ4v) is 1.26. The Morgan fingerprint density at radius 1 is 1.50 bits per heavy atom. The molecular weight excluding hydrogens is 215 g/mol. The van der Waals surface area contributed by atoms with E-state index < -0.39 is 17.0 Å². The molecule has 6 heteroatoms. The zero-order chi connectivity index (χ0) is 9.84. The molecule has 0 saturated heterocycles. The maximum atomic E-state index is 11.0. The number of rotatable bonds is 2.